The molecular formula is C14H23N3O2. The van der Waals surface area contributed by atoms with Crippen molar-refractivity contribution in [2.75, 3.05) is 24.1 Å². The van der Waals surface area contributed by atoms with Gasteiger partial charge in [-0.3, -0.25) is 4.79 Å². The molecule has 5 N–H and O–H groups in total. The molecule has 5 heteroatoms. The first kappa shape index (κ1) is 15.3. The van der Waals surface area contributed by atoms with E-state index in [4.69, 9.17) is 5.73 Å². The van der Waals surface area contributed by atoms with E-state index in [1.165, 1.54) is 0 Å². The number of aliphatic hydroxyl groups is 1. The molecule has 0 saturated heterocycles. The minimum atomic E-state index is -0.289. The number of carbonyl (C=O) groups excluding carboxylic acids is 1. The number of hydrogen-bond donors (Lipinski definition) is 4. The van der Waals surface area contributed by atoms with E-state index in [9.17, 15) is 9.90 Å². The van der Waals surface area contributed by atoms with Gasteiger partial charge in [0.1, 0.15) is 0 Å². The highest BCUT2D eigenvalue weighted by atomic mass is 16.3. The van der Waals surface area contributed by atoms with E-state index in [1.807, 2.05) is 13.8 Å². The lowest BCUT2D eigenvalue weighted by atomic mass is 10.1. The molecular weight excluding hydrogens is 242 g/mol. The third-order valence-corrected chi connectivity index (χ3v) is 2.92. The lowest BCUT2D eigenvalue weighted by molar-refractivity contribution is 0.0956. The molecule has 1 atom stereocenters. The van der Waals surface area contributed by atoms with Crippen molar-refractivity contribution < 1.29 is 9.90 Å². The lowest BCUT2D eigenvalue weighted by Gasteiger charge is -2.12. The smallest absolute Gasteiger partial charge is 0.251 e. The van der Waals surface area contributed by atoms with Crippen LogP contribution in [0.5, 0.6) is 0 Å². The van der Waals surface area contributed by atoms with Gasteiger partial charge >= 0.3 is 0 Å². The highest BCUT2D eigenvalue weighted by Crippen LogP contribution is 2.20. The van der Waals surface area contributed by atoms with Crippen LogP contribution in [0.3, 0.4) is 0 Å². The molecule has 1 aromatic carbocycles. The highest BCUT2D eigenvalue weighted by Gasteiger charge is 2.07. The summed E-state index contributed by atoms with van der Waals surface area (Å²) in [4.78, 5) is 11.6. The maximum atomic E-state index is 11.6. The van der Waals surface area contributed by atoms with Crippen LogP contribution in [0.2, 0.25) is 0 Å². The Kier molecular flexibility index (Phi) is 6.15. The summed E-state index contributed by atoms with van der Waals surface area (Å²) in [6.45, 7) is 5.06. The van der Waals surface area contributed by atoms with Crippen molar-refractivity contribution in [1.82, 2.24) is 5.32 Å². The van der Waals surface area contributed by atoms with Crippen molar-refractivity contribution in [1.29, 1.82) is 0 Å². The zero-order valence-corrected chi connectivity index (χ0v) is 11.6. The molecule has 0 aliphatic carbocycles. The molecule has 0 fully saturated rings. The van der Waals surface area contributed by atoms with E-state index in [1.54, 1.807) is 18.2 Å². The van der Waals surface area contributed by atoms with Crippen molar-refractivity contribution in [3.63, 3.8) is 0 Å². The van der Waals surface area contributed by atoms with Crippen LogP contribution in [0.25, 0.3) is 0 Å². The summed E-state index contributed by atoms with van der Waals surface area (Å²) in [5, 5.41) is 15.3. The van der Waals surface area contributed by atoms with Crippen LogP contribution in [-0.4, -0.2) is 30.2 Å². The number of nitrogens with one attached hydrogen (secondary N) is 2. The fourth-order valence-electron chi connectivity index (χ4n) is 1.71. The molecule has 0 aliphatic rings. The van der Waals surface area contributed by atoms with E-state index in [0.29, 0.717) is 30.8 Å². The van der Waals surface area contributed by atoms with Gasteiger partial charge in [0.25, 0.3) is 5.91 Å². The number of anilines is 2. The number of amides is 1. The minimum absolute atomic E-state index is 0.123. The summed E-state index contributed by atoms with van der Waals surface area (Å²) < 4.78 is 0. The molecule has 1 unspecified atom stereocenters. The number of aliphatic hydroxyl groups excluding tert-OH is 1. The normalized spacial score (nSPS) is 11.9. The molecule has 0 heterocycles. The van der Waals surface area contributed by atoms with Crippen LogP contribution in [0, 0.1) is 0 Å². The van der Waals surface area contributed by atoms with Crippen molar-refractivity contribution in [2.45, 2.75) is 32.8 Å². The number of rotatable bonds is 7. The van der Waals surface area contributed by atoms with Crippen LogP contribution in [-0.2, 0) is 0 Å². The van der Waals surface area contributed by atoms with Crippen molar-refractivity contribution in [2.24, 2.45) is 0 Å². The van der Waals surface area contributed by atoms with Gasteiger partial charge in [0.05, 0.1) is 17.5 Å². The van der Waals surface area contributed by atoms with Crippen LogP contribution in [0.4, 0.5) is 11.4 Å². The molecule has 0 bridgehead atoms. The quantitative estimate of drug-likeness (QED) is 0.564. The van der Waals surface area contributed by atoms with E-state index in [2.05, 4.69) is 10.6 Å². The summed E-state index contributed by atoms with van der Waals surface area (Å²) in [5.74, 6) is -0.123. The van der Waals surface area contributed by atoms with Gasteiger partial charge in [-0.25, -0.2) is 0 Å². The molecule has 1 aromatic rings. The average molecular weight is 265 g/mol. The summed E-state index contributed by atoms with van der Waals surface area (Å²) in [7, 11) is 0. The first-order valence-electron chi connectivity index (χ1n) is 6.68. The van der Waals surface area contributed by atoms with Crippen molar-refractivity contribution in [3.8, 4) is 0 Å². The topological polar surface area (TPSA) is 87.4 Å². The summed E-state index contributed by atoms with van der Waals surface area (Å²) in [5.41, 5.74) is 7.78. The fraction of sp³-hybridized carbons (Fsp3) is 0.500. The highest BCUT2D eigenvalue weighted by molar-refractivity contribution is 5.96. The molecule has 0 aliphatic heterocycles. The van der Waals surface area contributed by atoms with Gasteiger partial charge < -0.3 is 21.5 Å². The first-order chi connectivity index (χ1) is 9.08. The van der Waals surface area contributed by atoms with Crippen LogP contribution >= 0.6 is 0 Å². The molecule has 106 valence electrons. The lowest BCUT2D eigenvalue weighted by Crippen LogP contribution is -2.22. The Labute approximate surface area is 114 Å². The number of nitrogens with two attached hydrogens (primary N) is 1. The molecule has 5 nitrogen and oxygen atoms in total. The molecule has 0 aromatic heterocycles. The number of nitrogen functional groups attached to an aromatic ring is 1. The Morgan fingerprint density at radius 3 is 2.74 bits per heavy atom. The molecule has 0 spiro atoms. The maximum Gasteiger partial charge on any atom is 0.251 e. The zero-order valence-electron chi connectivity index (χ0n) is 11.6. The fourth-order valence-corrected chi connectivity index (χ4v) is 1.71. The monoisotopic (exact) mass is 265 g/mol. The molecule has 1 rings (SSSR count). The van der Waals surface area contributed by atoms with Gasteiger partial charge in [-0.1, -0.05) is 6.92 Å². The predicted octanol–water partition coefficient (Wildman–Crippen LogP) is 1.59. The Hall–Kier alpha value is -1.75. The summed E-state index contributed by atoms with van der Waals surface area (Å²) in [6, 6.07) is 5.18. The molecule has 0 radical (unpaired) electrons. The molecule has 19 heavy (non-hydrogen) atoms. The Morgan fingerprint density at radius 2 is 2.16 bits per heavy atom. The number of benzene rings is 1. The van der Waals surface area contributed by atoms with Crippen molar-refractivity contribution in [3.05, 3.63) is 23.8 Å². The zero-order chi connectivity index (χ0) is 14.3. The van der Waals surface area contributed by atoms with Gasteiger partial charge in [0.15, 0.2) is 0 Å². The predicted molar refractivity (Wildman–Crippen MR) is 78.3 cm³/mol. The van der Waals surface area contributed by atoms with Gasteiger partial charge in [-0.05, 0) is 38.0 Å². The van der Waals surface area contributed by atoms with Gasteiger partial charge in [0.2, 0.25) is 0 Å². The Bertz CT molecular complexity index is 421. The number of carbonyl (C=O) groups is 1. The molecule has 1 amide bonds. The standard InChI is InChI=1S/C14H23N3O2/c1-3-11(18)7-8-17-13-6-5-10(9-12(13)15)14(19)16-4-2/h5-6,9,11,17-18H,3-4,7-8,15H2,1-2H3,(H,16,19). The van der Waals surface area contributed by atoms with E-state index >= 15 is 0 Å². The second kappa shape index (κ2) is 7.63. The first-order valence-corrected chi connectivity index (χ1v) is 6.68. The van der Waals surface area contributed by atoms with Crippen molar-refractivity contribution >= 4 is 17.3 Å². The second-order valence-corrected chi connectivity index (χ2v) is 4.44. The van der Waals surface area contributed by atoms with Crippen LogP contribution in [0.15, 0.2) is 18.2 Å². The van der Waals surface area contributed by atoms with E-state index in [-0.39, 0.29) is 12.0 Å². The van der Waals surface area contributed by atoms with E-state index < -0.39 is 0 Å². The van der Waals surface area contributed by atoms with E-state index in [0.717, 1.165) is 12.1 Å². The Morgan fingerprint density at radius 1 is 1.42 bits per heavy atom. The summed E-state index contributed by atoms with van der Waals surface area (Å²) >= 11 is 0. The van der Waals surface area contributed by atoms with Gasteiger partial charge in [0, 0.05) is 18.7 Å². The summed E-state index contributed by atoms with van der Waals surface area (Å²) in [6.07, 6.45) is 1.13. The second-order valence-electron chi connectivity index (χ2n) is 4.44. The largest absolute Gasteiger partial charge is 0.397 e. The third-order valence-electron chi connectivity index (χ3n) is 2.92. The van der Waals surface area contributed by atoms with Crippen LogP contribution < -0.4 is 16.4 Å². The average Bonchev–Trinajstić information content (AvgIpc) is 2.40. The third kappa shape index (κ3) is 4.79. The van der Waals surface area contributed by atoms with Crippen LogP contribution in [0.1, 0.15) is 37.0 Å². The van der Waals surface area contributed by atoms with Gasteiger partial charge in [-0.2, -0.15) is 0 Å². The maximum absolute atomic E-state index is 11.6. The minimum Gasteiger partial charge on any atom is -0.397 e. The number of hydrogen-bond acceptors (Lipinski definition) is 4. The Balaban J connectivity index is 2.59. The van der Waals surface area contributed by atoms with Gasteiger partial charge in [-0.15, -0.1) is 0 Å². The molecule has 0 saturated carbocycles. The SMILES string of the molecule is CCNC(=O)c1ccc(NCCC(O)CC)c(N)c1.